The average molecular weight is 627 g/mol. The fourth-order valence-corrected chi connectivity index (χ4v) is 6.86. The summed E-state index contributed by atoms with van der Waals surface area (Å²) in [6, 6.07) is 18.0. The number of nitrogens with one attached hydrogen (secondary N) is 2. The highest BCUT2D eigenvalue weighted by atomic mass is 32.1. The Kier molecular flexibility index (Phi) is 9.02. The lowest BCUT2D eigenvalue weighted by Crippen LogP contribution is -2.30. The van der Waals surface area contributed by atoms with Crippen molar-refractivity contribution in [3.8, 4) is 10.7 Å². The maximum atomic E-state index is 15.4. The van der Waals surface area contributed by atoms with E-state index in [4.69, 9.17) is 4.74 Å². The van der Waals surface area contributed by atoms with Gasteiger partial charge in [-0.2, -0.15) is 0 Å². The zero-order valence-electron chi connectivity index (χ0n) is 25.4. The molecule has 0 aliphatic heterocycles. The number of halogens is 1. The molecule has 2 aromatic carbocycles. The van der Waals surface area contributed by atoms with E-state index in [-0.39, 0.29) is 30.0 Å². The number of aromatic nitrogens is 3. The Hall–Kier alpha value is -4.45. The van der Waals surface area contributed by atoms with Gasteiger partial charge in [-0.3, -0.25) is 14.6 Å². The maximum Gasteiger partial charge on any atom is 0.236 e. The number of thiophene rings is 1. The van der Waals surface area contributed by atoms with Crippen LogP contribution < -0.4 is 15.5 Å². The van der Waals surface area contributed by atoms with Gasteiger partial charge in [0.15, 0.2) is 0 Å². The quantitative estimate of drug-likeness (QED) is 0.133. The first-order valence-electron chi connectivity index (χ1n) is 14.8. The van der Waals surface area contributed by atoms with Gasteiger partial charge in [-0.05, 0) is 65.8 Å². The molecule has 45 heavy (non-hydrogen) atoms. The lowest BCUT2D eigenvalue weighted by Gasteiger charge is -2.17. The summed E-state index contributed by atoms with van der Waals surface area (Å²) < 4.78 is 23.6. The van der Waals surface area contributed by atoms with E-state index in [2.05, 4.69) is 31.2 Å². The lowest BCUT2D eigenvalue weighted by atomic mass is 10.0. The summed E-state index contributed by atoms with van der Waals surface area (Å²) in [6.07, 6.45) is 4.19. The molecule has 2 atom stereocenters. The van der Waals surface area contributed by atoms with Crippen molar-refractivity contribution in [3.63, 3.8) is 0 Å². The summed E-state index contributed by atoms with van der Waals surface area (Å²) in [5, 5.41) is 6.02. The second-order valence-electron chi connectivity index (χ2n) is 11.2. The SMILES string of the molecule is COCCNCc1cnc(-c2cc3nccc([C@H]4CC4c4ccc(NC(=O)CC(=O)N(C)c5ccccc5)cc4F)c3s2)n1C. The second-order valence-corrected chi connectivity index (χ2v) is 12.3. The van der Waals surface area contributed by atoms with E-state index in [1.165, 1.54) is 11.0 Å². The molecule has 2 amide bonds. The van der Waals surface area contributed by atoms with E-state index < -0.39 is 5.91 Å². The zero-order chi connectivity index (χ0) is 31.5. The van der Waals surface area contributed by atoms with Crippen molar-refractivity contribution in [1.29, 1.82) is 0 Å². The van der Waals surface area contributed by atoms with Crippen molar-refractivity contribution in [1.82, 2.24) is 19.9 Å². The largest absolute Gasteiger partial charge is 0.383 e. The van der Waals surface area contributed by atoms with Gasteiger partial charge in [0.25, 0.3) is 0 Å². The van der Waals surface area contributed by atoms with Crippen LogP contribution in [0, 0.1) is 5.82 Å². The summed E-state index contributed by atoms with van der Waals surface area (Å²) in [7, 11) is 5.32. The van der Waals surface area contributed by atoms with Gasteiger partial charge in [-0.1, -0.05) is 24.3 Å². The third-order valence-corrected chi connectivity index (χ3v) is 9.41. The van der Waals surface area contributed by atoms with Crippen LogP contribution in [0.25, 0.3) is 20.9 Å². The summed E-state index contributed by atoms with van der Waals surface area (Å²) in [6.45, 7) is 2.11. The van der Waals surface area contributed by atoms with Crippen molar-refractivity contribution in [2.45, 2.75) is 31.2 Å². The molecule has 2 N–H and O–H groups in total. The van der Waals surface area contributed by atoms with Crippen molar-refractivity contribution >= 4 is 44.7 Å². The summed E-state index contributed by atoms with van der Waals surface area (Å²) in [4.78, 5) is 36.9. The monoisotopic (exact) mass is 626 g/mol. The number of carbonyl (C=O) groups excluding carboxylic acids is 2. The number of carbonyl (C=O) groups is 2. The number of ether oxygens (including phenoxy) is 1. The molecule has 1 fully saturated rings. The second kappa shape index (κ2) is 13.3. The summed E-state index contributed by atoms with van der Waals surface area (Å²) >= 11 is 1.66. The number of fused-ring (bicyclic) bond motifs is 1. The van der Waals surface area contributed by atoms with Crippen LogP contribution in [0.2, 0.25) is 0 Å². The number of nitrogens with zero attached hydrogens (tertiary/aromatic N) is 4. The number of benzene rings is 2. The topological polar surface area (TPSA) is 101 Å². The lowest BCUT2D eigenvalue weighted by molar-refractivity contribution is -0.125. The fourth-order valence-electron chi connectivity index (χ4n) is 5.63. The minimum Gasteiger partial charge on any atom is -0.383 e. The molecule has 0 radical (unpaired) electrons. The van der Waals surface area contributed by atoms with Crippen LogP contribution in [0.4, 0.5) is 15.8 Å². The molecule has 0 bridgehead atoms. The van der Waals surface area contributed by atoms with Gasteiger partial charge in [0.2, 0.25) is 11.8 Å². The normalized spacial score (nSPS) is 15.7. The van der Waals surface area contributed by atoms with Crippen LogP contribution in [-0.4, -0.2) is 53.7 Å². The van der Waals surface area contributed by atoms with Crippen LogP contribution in [0.5, 0.6) is 0 Å². The first kappa shape index (κ1) is 30.6. The van der Waals surface area contributed by atoms with Gasteiger partial charge in [-0.15, -0.1) is 11.3 Å². The Morgan fingerprint density at radius 2 is 1.89 bits per heavy atom. The number of rotatable bonds is 12. The first-order valence-corrected chi connectivity index (χ1v) is 15.7. The van der Waals surface area contributed by atoms with Crippen molar-refractivity contribution in [2.75, 3.05) is 37.5 Å². The number of amides is 2. The summed E-state index contributed by atoms with van der Waals surface area (Å²) in [5.74, 6) is -0.124. The minimum atomic E-state index is -0.492. The molecule has 0 saturated heterocycles. The number of pyridine rings is 1. The highest BCUT2D eigenvalue weighted by Crippen LogP contribution is 2.57. The summed E-state index contributed by atoms with van der Waals surface area (Å²) in [5.41, 5.74) is 4.79. The molecular weight excluding hydrogens is 591 g/mol. The van der Waals surface area contributed by atoms with Crippen molar-refractivity contribution in [2.24, 2.45) is 7.05 Å². The molecule has 11 heteroatoms. The van der Waals surface area contributed by atoms with Gasteiger partial charge in [0, 0.05) is 51.9 Å². The van der Waals surface area contributed by atoms with Gasteiger partial charge < -0.3 is 24.8 Å². The third kappa shape index (κ3) is 6.65. The van der Waals surface area contributed by atoms with E-state index in [0.29, 0.717) is 30.1 Å². The minimum absolute atomic E-state index is 0.0324. The molecule has 5 aromatic rings. The van der Waals surface area contributed by atoms with Crippen LogP contribution in [0.15, 0.2) is 73.1 Å². The number of imidazole rings is 1. The fraction of sp³-hybridized carbons (Fsp3) is 0.294. The molecule has 3 heterocycles. The Labute approximate surface area is 265 Å². The number of hydrogen-bond donors (Lipinski definition) is 2. The van der Waals surface area contributed by atoms with Gasteiger partial charge in [-0.25, -0.2) is 9.37 Å². The van der Waals surface area contributed by atoms with Crippen molar-refractivity contribution < 1.29 is 18.7 Å². The first-order chi connectivity index (χ1) is 21.8. The number of anilines is 2. The molecule has 1 aliphatic carbocycles. The van der Waals surface area contributed by atoms with E-state index >= 15 is 4.39 Å². The van der Waals surface area contributed by atoms with Crippen LogP contribution in [0.1, 0.15) is 41.5 Å². The van der Waals surface area contributed by atoms with E-state index in [1.807, 2.05) is 43.7 Å². The van der Waals surface area contributed by atoms with Crippen LogP contribution in [-0.2, 0) is 27.9 Å². The Morgan fingerprint density at radius 1 is 1.09 bits per heavy atom. The molecule has 6 rings (SSSR count). The smallest absolute Gasteiger partial charge is 0.236 e. The molecule has 1 aliphatic rings. The van der Waals surface area contributed by atoms with Crippen molar-refractivity contribution in [3.05, 3.63) is 95.7 Å². The molecule has 0 spiro atoms. The highest BCUT2D eigenvalue weighted by molar-refractivity contribution is 7.22. The van der Waals surface area contributed by atoms with Gasteiger partial charge >= 0.3 is 0 Å². The Bertz CT molecular complexity index is 1840. The number of hydrogen-bond acceptors (Lipinski definition) is 7. The van der Waals surface area contributed by atoms with Crippen LogP contribution >= 0.6 is 11.3 Å². The van der Waals surface area contributed by atoms with Gasteiger partial charge in [0.05, 0.1) is 33.6 Å². The average Bonchev–Trinajstić information content (AvgIpc) is 3.55. The van der Waals surface area contributed by atoms with E-state index in [1.54, 1.807) is 49.8 Å². The zero-order valence-corrected chi connectivity index (χ0v) is 26.2. The predicted octanol–water partition coefficient (Wildman–Crippen LogP) is 5.83. The Balaban J connectivity index is 1.12. The standard InChI is InChI=1S/C34H35FN6O3S/c1-40(22-7-5-4-6-8-22)32(43)18-31(42)39-21-9-10-24(28(35)15-21)26-16-27(26)25-11-12-37-29-17-30(45-33(25)29)34-38-20-23(41(34)2)19-36-13-14-44-3/h4-12,15,17,20,26-27,36H,13-14,16,18-19H2,1-3H3,(H,39,42)/t26?,27-/m1/s1. The van der Waals surface area contributed by atoms with E-state index in [9.17, 15) is 9.59 Å². The van der Waals surface area contributed by atoms with Gasteiger partial charge in [0.1, 0.15) is 18.1 Å². The number of para-hydroxylation sites is 1. The molecule has 9 nitrogen and oxygen atoms in total. The molecular formula is C34H35FN6O3S. The molecule has 1 unspecified atom stereocenters. The molecule has 3 aromatic heterocycles. The highest BCUT2D eigenvalue weighted by Gasteiger charge is 2.42. The van der Waals surface area contributed by atoms with E-state index in [0.717, 1.165) is 45.1 Å². The third-order valence-electron chi connectivity index (χ3n) is 8.24. The molecule has 232 valence electrons. The molecule has 1 saturated carbocycles. The maximum absolute atomic E-state index is 15.4. The van der Waals surface area contributed by atoms with Crippen LogP contribution in [0.3, 0.4) is 0 Å². The Morgan fingerprint density at radius 3 is 2.67 bits per heavy atom. The number of methoxy groups -OCH3 is 1. The predicted molar refractivity (Wildman–Crippen MR) is 175 cm³/mol.